The van der Waals surface area contributed by atoms with E-state index in [0.717, 1.165) is 25.7 Å². The van der Waals surface area contributed by atoms with Gasteiger partial charge in [0.2, 0.25) is 17.5 Å². The lowest BCUT2D eigenvalue weighted by atomic mass is 10.0. The quantitative estimate of drug-likeness (QED) is 0.213. The molecule has 218 valence electrons. The Kier molecular flexibility index (Phi) is 10.9. The van der Waals surface area contributed by atoms with Crippen molar-refractivity contribution in [2.45, 2.75) is 77.9 Å². The van der Waals surface area contributed by atoms with Gasteiger partial charge in [-0.1, -0.05) is 81.5 Å². The summed E-state index contributed by atoms with van der Waals surface area (Å²) < 4.78 is 6.60. The number of benzene rings is 1. The minimum absolute atomic E-state index is 0.136. The van der Waals surface area contributed by atoms with Crippen molar-refractivity contribution in [2.24, 2.45) is 0 Å². The number of aromatic nitrogens is 2. The highest BCUT2D eigenvalue weighted by molar-refractivity contribution is 6.48. The topological polar surface area (TPSA) is 136 Å². The number of carbonyl (C=O) groups excluding carboxylic acids is 4. The zero-order chi connectivity index (χ0) is 30.0. The molecule has 1 aromatic carbocycles. The Morgan fingerprint density at radius 3 is 2.41 bits per heavy atom. The molecular formula is C31H38N4O6. The van der Waals surface area contributed by atoms with E-state index in [2.05, 4.69) is 22.5 Å². The van der Waals surface area contributed by atoms with Crippen molar-refractivity contribution in [3.8, 4) is 11.4 Å². The Morgan fingerprint density at radius 1 is 1.02 bits per heavy atom. The van der Waals surface area contributed by atoms with E-state index in [4.69, 9.17) is 4.74 Å². The van der Waals surface area contributed by atoms with Crippen LogP contribution < -0.4 is 16.2 Å². The van der Waals surface area contributed by atoms with E-state index < -0.39 is 40.8 Å². The molecule has 2 N–H and O–H groups in total. The van der Waals surface area contributed by atoms with Crippen LogP contribution in [-0.4, -0.2) is 45.3 Å². The van der Waals surface area contributed by atoms with Crippen LogP contribution in [0.25, 0.3) is 11.4 Å². The van der Waals surface area contributed by atoms with Gasteiger partial charge in [0.25, 0.3) is 5.56 Å². The van der Waals surface area contributed by atoms with Crippen molar-refractivity contribution in [2.75, 3.05) is 11.9 Å². The summed E-state index contributed by atoms with van der Waals surface area (Å²) in [5.41, 5.74) is -0.781. The summed E-state index contributed by atoms with van der Waals surface area (Å²) in [5, 5.41) is 5.21. The van der Waals surface area contributed by atoms with Crippen LogP contribution in [0.1, 0.15) is 72.3 Å². The summed E-state index contributed by atoms with van der Waals surface area (Å²) in [6.45, 7) is 7.06. The van der Waals surface area contributed by atoms with E-state index >= 15 is 0 Å². The number of hydrogen-bond donors (Lipinski definition) is 2. The van der Waals surface area contributed by atoms with E-state index in [1.807, 2.05) is 6.07 Å². The molecule has 1 aliphatic carbocycles. The van der Waals surface area contributed by atoms with Gasteiger partial charge >= 0.3 is 6.09 Å². The molecule has 3 rings (SSSR count). The number of anilines is 1. The van der Waals surface area contributed by atoms with Crippen molar-refractivity contribution in [3.63, 3.8) is 0 Å². The van der Waals surface area contributed by atoms with Gasteiger partial charge in [0.05, 0.1) is 6.20 Å². The number of allylic oxidation sites excluding steroid dienone is 3. The summed E-state index contributed by atoms with van der Waals surface area (Å²) in [7, 11) is 0. The number of ketones is 2. The number of carbonyl (C=O) groups is 4. The van der Waals surface area contributed by atoms with Crippen LogP contribution in [0.5, 0.6) is 0 Å². The lowest BCUT2D eigenvalue weighted by Crippen LogP contribution is -2.41. The maximum Gasteiger partial charge on any atom is 0.412 e. The third-order valence-corrected chi connectivity index (χ3v) is 6.37. The number of ether oxygens (including phenoxy) is 1. The van der Waals surface area contributed by atoms with Crippen molar-refractivity contribution < 1.29 is 23.9 Å². The van der Waals surface area contributed by atoms with Gasteiger partial charge in [-0.25, -0.2) is 9.78 Å². The van der Waals surface area contributed by atoms with Gasteiger partial charge in [-0.05, 0) is 33.3 Å². The monoisotopic (exact) mass is 562 g/mol. The van der Waals surface area contributed by atoms with E-state index in [-0.39, 0.29) is 23.6 Å². The molecule has 0 saturated heterocycles. The van der Waals surface area contributed by atoms with Gasteiger partial charge < -0.3 is 10.1 Å². The fraction of sp³-hybridized carbons (Fsp3) is 0.419. The van der Waals surface area contributed by atoms with Gasteiger partial charge in [0.15, 0.2) is 0 Å². The molecule has 0 saturated carbocycles. The fourth-order valence-corrected chi connectivity index (χ4v) is 4.38. The van der Waals surface area contributed by atoms with Gasteiger partial charge in [0, 0.05) is 17.7 Å². The number of unbranched alkanes of at least 4 members (excludes halogenated alkanes) is 4. The molecule has 0 spiro atoms. The highest BCUT2D eigenvalue weighted by Crippen LogP contribution is 2.24. The molecule has 2 aromatic rings. The van der Waals surface area contributed by atoms with Crippen molar-refractivity contribution in [1.82, 2.24) is 14.9 Å². The highest BCUT2D eigenvalue weighted by Gasteiger charge is 2.28. The molecule has 0 radical (unpaired) electrons. The van der Waals surface area contributed by atoms with Gasteiger partial charge in [-0.15, -0.1) is 0 Å². The molecule has 10 heteroatoms. The maximum atomic E-state index is 13.9. The van der Waals surface area contributed by atoms with Crippen molar-refractivity contribution >= 4 is 29.3 Å². The molecule has 1 atom stereocenters. The predicted molar refractivity (Wildman–Crippen MR) is 156 cm³/mol. The molecule has 0 fully saturated rings. The second-order valence-corrected chi connectivity index (χ2v) is 10.8. The van der Waals surface area contributed by atoms with Crippen LogP contribution in [0.2, 0.25) is 0 Å². The Hall–Kier alpha value is -4.34. The van der Waals surface area contributed by atoms with Crippen molar-refractivity contribution in [3.05, 3.63) is 70.7 Å². The Bertz CT molecular complexity index is 1390. The highest BCUT2D eigenvalue weighted by atomic mass is 16.6. The zero-order valence-corrected chi connectivity index (χ0v) is 24.1. The largest absolute Gasteiger partial charge is 0.444 e. The lowest BCUT2D eigenvalue weighted by Gasteiger charge is -2.24. The molecule has 1 aliphatic rings. The Balaban J connectivity index is 2.02. The number of rotatable bonds is 12. The zero-order valence-electron chi connectivity index (χ0n) is 24.1. The number of Topliss-reactive ketones (excluding diaryl/α,β-unsaturated/α-hetero) is 1. The summed E-state index contributed by atoms with van der Waals surface area (Å²) >= 11 is 0. The minimum Gasteiger partial charge on any atom is -0.444 e. The molecule has 1 aromatic heterocycles. The first kappa shape index (κ1) is 31.2. The third-order valence-electron chi connectivity index (χ3n) is 6.37. The van der Waals surface area contributed by atoms with E-state index in [9.17, 15) is 24.0 Å². The molecule has 1 unspecified atom stereocenters. The molecular weight excluding hydrogens is 524 g/mol. The third kappa shape index (κ3) is 8.83. The molecule has 10 nitrogen and oxygen atoms in total. The van der Waals surface area contributed by atoms with Gasteiger partial charge in [-0.3, -0.25) is 29.1 Å². The summed E-state index contributed by atoms with van der Waals surface area (Å²) in [6.07, 6.45) is 9.49. The Labute approximate surface area is 239 Å². The van der Waals surface area contributed by atoms with Crippen LogP contribution in [0.3, 0.4) is 0 Å². The maximum absolute atomic E-state index is 13.9. The lowest BCUT2D eigenvalue weighted by molar-refractivity contribution is -0.131. The van der Waals surface area contributed by atoms with Gasteiger partial charge in [-0.2, -0.15) is 0 Å². The van der Waals surface area contributed by atoms with Crippen LogP contribution in [0.4, 0.5) is 10.5 Å². The van der Waals surface area contributed by atoms with Crippen molar-refractivity contribution in [1.29, 1.82) is 0 Å². The average molecular weight is 563 g/mol. The second kappa shape index (κ2) is 14.3. The number of nitrogens with zero attached hydrogens (tertiary/aromatic N) is 2. The number of amides is 2. The number of nitrogens with one attached hydrogen (secondary N) is 2. The molecule has 0 aliphatic heterocycles. The SMILES string of the molecule is CCCCCCCC(C(=O)NCC1=CC=CC(=O)C1=O)n1c(-c2ccccc2)ncc(NC(=O)OC(C)(C)C)c1=O. The van der Waals surface area contributed by atoms with E-state index in [1.165, 1.54) is 29.0 Å². The molecule has 0 bridgehead atoms. The van der Waals surface area contributed by atoms with E-state index in [1.54, 1.807) is 45.0 Å². The van der Waals surface area contributed by atoms with Crippen LogP contribution >= 0.6 is 0 Å². The average Bonchev–Trinajstić information content (AvgIpc) is 2.92. The predicted octanol–water partition coefficient (Wildman–Crippen LogP) is 4.91. The standard InChI is InChI=1S/C31H38N4O6/c1-5-6-7-8-12-17-24(28(38)33-19-22-16-13-18-25(36)26(22)37)35-27(21-14-10-9-11-15-21)32-20-23(29(35)39)34-30(40)41-31(2,3)4/h9-11,13-16,18,20,24H,5-8,12,17,19H2,1-4H3,(H,33,38)(H,34,40). The minimum atomic E-state index is -1.00. The summed E-state index contributed by atoms with van der Waals surface area (Å²) in [5.74, 6) is -1.59. The summed E-state index contributed by atoms with van der Waals surface area (Å²) in [6, 6.07) is 7.97. The van der Waals surface area contributed by atoms with Gasteiger partial charge in [0.1, 0.15) is 23.2 Å². The molecule has 41 heavy (non-hydrogen) atoms. The first-order valence-electron chi connectivity index (χ1n) is 13.9. The second-order valence-electron chi connectivity index (χ2n) is 10.8. The Morgan fingerprint density at radius 2 is 1.73 bits per heavy atom. The number of hydrogen-bond acceptors (Lipinski definition) is 7. The summed E-state index contributed by atoms with van der Waals surface area (Å²) in [4.78, 5) is 68.6. The fourth-order valence-electron chi connectivity index (χ4n) is 4.38. The molecule has 2 amide bonds. The van der Waals surface area contributed by atoms with Crippen LogP contribution in [-0.2, 0) is 19.1 Å². The smallest absolute Gasteiger partial charge is 0.412 e. The van der Waals surface area contributed by atoms with E-state index in [0.29, 0.717) is 18.4 Å². The van der Waals surface area contributed by atoms with Crippen LogP contribution in [0, 0.1) is 0 Å². The normalized spacial score (nSPS) is 13.9. The first-order chi connectivity index (χ1) is 19.5. The first-order valence-corrected chi connectivity index (χ1v) is 13.9. The molecule has 1 heterocycles. The van der Waals surface area contributed by atoms with Crippen LogP contribution in [0.15, 0.2) is 65.1 Å².